The molecule has 0 bridgehead atoms. The van der Waals surface area contributed by atoms with Crippen LogP contribution < -0.4 is 0 Å². The van der Waals surface area contributed by atoms with Crippen molar-refractivity contribution in [1.82, 2.24) is 9.80 Å². The predicted octanol–water partition coefficient (Wildman–Crippen LogP) is 1.72. The van der Waals surface area contributed by atoms with Gasteiger partial charge in [-0.3, -0.25) is 9.69 Å². The normalized spacial score (nSPS) is 23.8. The summed E-state index contributed by atoms with van der Waals surface area (Å²) in [6.45, 7) is 1.55. The van der Waals surface area contributed by atoms with Gasteiger partial charge in [0.2, 0.25) is 5.22 Å². The Kier molecular flexibility index (Phi) is 4.50. The third-order valence-electron chi connectivity index (χ3n) is 3.66. The van der Waals surface area contributed by atoms with Crippen LogP contribution in [0.3, 0.4) is 0 Å². The Morgan fingerprint density at radius 2 is 2.42 bits per heavy atom. The van der Waals surface area contributed by atoms with E-state index >= 15 is 0 Å². The summed E-state index contributed by atoms with van der Waals surface area (Å²) in [7, 11) is 5.55. The highest BCUT2D eigenvalue weighted by molar-refractivity contribution is 6.32. The highest BCUT2D eigenvalue weighted by Crippen LogP contribution is 2.21. The SMILES string of the molecule is CO[C@H]1C[C@@H](CN(C)C(=O)c2ccoc2Cl)N(C)C1. The third-order valence-corrected chi connectivity index (χ3v) is 3.96. The van der Waals surface area contributed by atoms with Gasteiger partial charge in [0, 0.05) is 33.3 Å². The van der Waals surface area contributed by atoms with E-state index in [1.807, 2.05) is 7.05 Å². The van der Waals surface area contributed by atoms with Crippen LogP contribution >= 0.6 is 11.6 Å². The van der Waals surface area contributed by atoms with Crippen LogP contribution in [0.4, 0.5) is 0 Å². The van der Waals surface area contributed by atoms with Crippen LogP contribution in [-0.4, -0.2) is 62.1 Å². The Hall–Kier alpha value is -1.04. The van der Waals surface area contributed by atoms with Gasteiger partial charge in [-0.25, -0.2) is 0 Å². The minimum absolute atomic E-state index is 0.118. The summed E-state index contributed by atoms with van der Waals surface area (Å²) < 4.78 is 10.3. The Morgan fingerprint density at radius 1 is 1.68 bits per heavy atom. The van der Waals surface area contributed by atoms with Crippen molar-refractivity contribution in [2.45, 2.75) is 18.6 Å². The van der Waals surface area contributed by atoms with Gasteiger partial charge >= 0.3 is 0 Å². The number of hydrogen-bond donors (Lipinski definition) is 0. The molecule has 2 heterocycles. The second kappa shape index (κ2) is 5.94. The fourth-order valence-electron chi connectivity index (χ4n) is 2.46. The standard InChI is InChI=1S/C13H19ClN2O3/c1-15-8-10(18-3)6-9(15)7-16(2)13(17)11-4-5-19-12(11)14/h4-5,9-10H,6-8H2,1-3H3/t9-,10-/m0/s1. The number of furan rings is 1. The zero-order chi connectivity index (χ0) is 14.0. The molecule has 1 aromatic heterocycles. The highest BCUT2D eigenvalue weighted by atomic mass is 35.5. The molecule has 6 heteroatoms. The summed E-state index contributed by atoms with van der Waals surface area (Å²) in [5.74, 6) is -0.118. The number of rotatable bonds is 4. The lowest BCUT2D eigenvalue weighted by molar-refractivity contribution is 0.0759. The molecule has 1 amide bonds. The number of amides is 1. The van der Waals surface area contributed by atoms with E-state index in [1.54, 1.807) is 25.1 Å². The summed E-state index contributed by atoms with van der Waals surface area (Å²) in [6, 6.07) is 1.90. The quantitative estimate of drug-likeness (QED) is 0.846. The number of carbonyl (C=O) groups is 1. The molecule has 1 aliphatic rings. The first kappa shape index (κ1) is 14.4. The number of hydrogen-bond acceptors (Lipinski definition) is 4. The molecule has 5 nitrogen and oxygen atoms in total. The molecular formula is C13H19ClN2O3. The summed E-state index contributed by atoms with van der Waals surface area (Å²) in [5.41, 5.74) is 0.410. The van der Waals surface area contributed by atoms with Crippen LogP contribution in [0.25, 0.3) is 0 Å². The van der Waals surface area contributed by atoms with Gasteiger partial charge in [-0.1, -0.05) is 0 Å². The van der Waals surface area contributed by atoms with Gasteiger partial charge in [0.15, 0.2) is 0 Å². The first-order valence-corrected chi connectivity index (χ1v) is 6.62. The summed E-state index contributed by atoms with van der Waals surface area (Å²) in [6.07, 6.45) is 2.60. The zero-order valence-electron chi connectivity index (χ0n) is 11.4. The number of carbonyl (C=O) groups excluding carboxylic acids is 1. The van der Waals surface area contributed by atoms with Crippen molar-refractivity contribution in [3.05, 3.63) is 23.1 Å². The third kappa shape index (κ3) is 3.11. The van der Waals surface area contributed by atoms with E-state index in [4.69, 9.17) is 20.8 Å². The molecule has 0 radical (unpaired) electrons. The maximum atomic E-state index is 12.2. The predicted molar refractivity (Wildman–Crippen MR) is 72.5 cm³/mol. The van der Waals surface area contributed by atoms with E-state index in [-0.39, 0.29) is 17.2 Å². The van der Waals surface area contributed by atoms with Gasteiger partial charge in [-0.15, -0.1) is 0 Å². The van der Waals surface area contributed by atoms with Gasteiger partial charge in [-0.2, -0.15) is 0 Å². The van der Waals surface area contributed by atoms with Crippen molar-refractivity contribution in [1.29, 1.82) is 0 Å². The molecule has 1 aliphatic heterocycles. The topological polar surface area (TPSA) is 45.9 Å². The zero-order valence-corrected chi connectivity index (χ0v) is 12.2. The van der Waals surface area contributed by atoms with Gasteiger partial charge in [0.1, 0.15) is 0 Å². The van der Waals surface area contributed by atoms with Crippen LogP contribution in [0.2, 0.25) is 5.22 Å². The van der Waals surface area contributed by atoms with Gasteiger partial charge in [-0.05, 0) is 31.1 Å². The van der Waals surface area contributed by atoms with E-state index in [9.17, 15) is 4.79 Å². The van der Waals surface area contributed by atoms with Crippen molar-refractivity contribution in [2.75, 3.05) is 34.3 Å². The fourth-order valence-corrected chi connectivity index (χ4v) is 2.66. The number of methoxy groups -OCH3 is 1. The second-order valence-electron chi connectivity index (χ2n) is 4.98. The van der Waals surface area contributed by atoms with Crippen molar-refractivity contribution < 1.29 is 13.9 Å². The summed E-state index contributed by atoms with van der Waals surface area (Å²) >= 11 is 5.83. The summed E-state index contributed by atoms with van der Waals surface area (Å²) in [5, 5.41) is 0.145. The van der Waals surface area contributed by atoms with E-state index in [1.165, 1.54) is 6.26 Å². The van der Waals surface area contributed by atoms with E-state index in [0.717, 1.165) is 13.0 Å². The Balaban J connectivity index is 1.96. The minimum atomic E-state index is -0.118. The molecule has 106 valence electrons. The molecule has 0 unspecified atom stereocenters. The number of nitrogens with zero attached hydrogens (tertiary/aromatic N) is 2. The molecule has 2 atom stereocenters. The molecule has 0 saturated carbocycles. The highest BCUT2D eigenvalue weighted by Gasteiger charge is 2.31. The average molecular weight is 287 g/mol. The maximum Gasteiger partial charge on any atom is 0.258 e. The van der Waals surface area contributed by atoms with E-state index in [2.05, 4.69) is 4.90 Å². The van der Waals surface area contributed by atoms with Crippen molar-refractivity contribution in [2.24, 2.45) is 0 Å². The van der Waals surface area contributed by atoms with Crippen LogP contribution in [0, 0.1) is 0 Å². The molecule has 0 aromatic carbocycles. The molecule has 0 N–H and O–H groups in total. The molecule has 2 rings (SSSR count). The molecule has 0 spiro atoms. The lowest BCUT2D eigenvalue weighted by Gasteiger charge is -2.25. The van der Waals surface area contributed by atoms with Crippen LogP contribution in [0.1, 0.15) is 16.8 Å². The number of likely N-dealkylation sites (N-methyl/N-ethyl adjacent to an activating group) is 2. The minimum Gasteiger partial charge on any atom is -0.452 e. The largest absolute Gasteiger partial charge is 0.452 e. The molecule has 1 saturated heterocycles. The lowest BCUT2D eigenvalue weighted by atomic mass is 10.2. The molecule has 1 aromatic rings. The summed E-state index contributed by atoms with van der Waals surface area (Å²) in [4.78, 5) is 16.1. The van der Waals surface area contributed by atoms with E-state index in [0.29, 0.717) is 18.2 Å². The number of ether oxygens (including phenoxy) is 1. The maximum absolute atomic E-state index is 12.2. The van der Waals surface area contributed by atoms with Gasteiger partial charge < -0.3 is 14.1 Å². The average Bonchev–Trinajstić information content (AvgIpc) is 2.95. The van der Waals surface area contributed by atoms with Crippen LogP contribution in [-0.2, 0) is 4.74 Å². The smallest absolute Gasteiger partial charge is 0.258 e. The van der Waals surface area contributed by atoms with Crippen LogP contribution in [0.5, 0.6) is 0 Å². The number of halogens is 1. The number of likely N-dealkylation sites (tertiary alicyclic amines) is 1. The molecular weight excluding hydrogens is 268 g/mol. The lowest BCUT2D eigenvalue weighted by Crippen LogP contribution is -2.39. The fraction of sp³-hybridized carbons (Fsp3) is 0.615. The Morgan fingerprint density at radius 3 is 2.95 bits per heavy atom. The molecule has 1 fully saturated rings. The van der Waals surface area contributed by atoms with Crippen molar-refractivity contribution in [3.8, 4) is 0 Å². The van der Waals surface area contributed by atoms with Gasteiger partial charge in [0.05, 0.1) is 17.9 Å². The second-order valence-corrected chi connectivity index (χ2v) is 5.32. The van der Waals surface area contributed by atoms with Crippen LogP contribution in [0.15, 0.2) is 16.7 Å². The Labute approximate surface area is 118 Å². The Bertz CT molecular complexity index is 449. The van der Waals surface area contributed by atoms with Gasteiger partial charge in [0.25, 0.3) is 5.91 Å². The van der Waals surface area contributed by atoms with Crippen molar-refractivity contribution in [3.63, 3.8) is 0 Å². The van der Waals surface area contributed by atoms with E-state index < -0.39 is 0 Å². The monoisotopic (exact) mass is 286 g/mol. The molecule has 19 heavy (non-hydrogen) atoms. The van der Waals surface area contributed by atoms with Crippen molar-refractivity contribution >= 4 is 17.5 Å². The first-order valence-electron chi connectivity index (χ1n) is 6.24. The first-order chi connectivity index (χ1) is 9.02. The molecule has 0 aliphatic carbocycles.